The second-order valence-corrected chi connectivity index (χ2v) is 7.72. The molecule has 6 heteroatoms. The molecule has 160 valence electrons. The van der Waals surface area contributed by atoms with Crippen molar-refractivity contribution in [3.63, 3.8) is 0 Å². The molecule has 1 aromatic heterocycles. The highest BCUT2D eigenvalue weighted by molar-refractivity contribution is 5.84. The molecule has 0 spiro atoms. The van der Waals surface area contributed by atoms with Gasteiger partial charge in [0.05, 0.1) is 31.5 Å². The number of ether oxygens (including phenoxy) is 2. The molecule has 4 aromatic rings. The number of nitrogens with one attached hydrogen (secondary N) is 1. The number of para-hydroxylation sites is 2. The van der Waals surface area contributed by atoms with Crippen LogP contribution in [0.5, 0.6) is 17.2 Å². The first-order valence-electron chi connectivity index (χ1n) is 10.5. The van der Waals surface area contributed by atoms with Crippen LogP contribution in [0.2, 0.25) is 0 Å². The lowest BCUT2D eigenvalue weighted by atomic mass is 9.98. The van der Waals surface area contributed by atoms with Crippen molar-refractivity contribution in [3.05, 3.63) is 95.7 Å². The number of H-pyrrole nitrogens is 1. The van der Waals surface area contributed by atoms with Crippen molar-refractivity contribution in [2.24, 2.45) is 0 Å². The lowest BCUT2D eigenvalue weighted by Crippen LogP contribution is -2.35. The zero-order valence-electron chi connectivity index (χ0n) is 17.7. The number of amides is 1. The summed E-state index contributed by atoms with van der Waals surface area (Å²) in [5.41, 5.74) is 4.59. The van der Waals surface area contributed by atoms with Gasteiger partial charge in [-0.3, -0.25) is 9.89 Å². The van der Waals surface area contributed by atoms with Gasteiger partial charge in [0.25, 0.3) is 0 Å². The van der Waals surface area contributed by atoms with Crippen LogP contribution in [-0.4, -0.2) is 28.1 Å². The third kappa shape index (κ3) is 3.95. The van der Waals surface area contributed by atoms with Gasteiger partial charge in [0, 0.05) is 17.7 Å². The molecule has 0 saturated heterocycles. The number of rotatable bonds is 6. The fourth-order valence-corrected chi connectivity index (χ4v) is 3.95. The Bertz CT molecular complexity index is 1230. The summed E-state index contributed by atoms with van der Waals surface area (Å²) in [6.45, 7) is 1.04. The zero-order chi connectivity index (χ0) is 21.9. The molecular weight excluding hydrogens is 402 g/mol. The van der Waals surface area contributed by atoms with Crippen LogP contribution >= 0.6 is 0 Å². The van der Waals surface area contributed by atoms with Gasteiger partial charge in [0.15, 0.2) is 0 Å². The first-order valence-corrected chi connectivity index (χ1v) is 10.5. The van der Waals surface area contributed by atoms with E-state index in [4.69, 9.17) is 9.47 Å². The minimum absolute atomic E-state index is 0.0810. The van der Waals surface area contributed by atoms with Gasteiger partial charge < -0.3 is 14.4 Å². The average molecular weight is 425 g/mol. The van der Waals surface area contributed by atoms with Gasteiger partial charge >= 0.3 is 0 Å². The number of aromatic amines is 1. The number of carbonyl (C=O) groups excluding carboxylic acids is 1. The predicted molar refractivity (Wildman–Crippen MR) is 121 cm³/mol. The second kappa shape index (κ2) is 8.59. The normalized spacial score (nSPS) is 13.0. The minimum atomic E-state index is 0.0810. The average Bonchev–Trinajstić information content (AvgIpc) is 3.23. The maximum atomic E-state index is 13.0. The molecule has 0 atom stereocenters. The summed E-state index contributed by atoms with van der Waals surface area (Å²) in [4.78, 5) is 14.8. The molecule has 0 unspecified atom stereocenters. The van der Waals surface area contributed by atoms with Gasteiger partial charge in [-0.25, -0.2) is 0 Å². The van der Waals surface area contributed by atoms with Crippen molar-refractivity contribution in [1.29, 1.82) is 0 Å². The van der Waals surface area contributed by atoms with Crippen LogP contribution in [0.3, 0.4) is 0 Å². The number of benzene rings is 3. The van der Waals surface area contributed by atoms with Crippen LogP contribution in [0, 0.1) is 0 Å². The molecule has 32 heavy (non-hydrogen) atoms. The number of aromatic nitrogens is 2. The largest absolute Gasteiger partial charge is 0.497 e. The van der Waals surface area contributed by atoms with Crippen LogP contribution in [0.4, 0.5) is 0 Å². The van der Waals surface area contributed by atoms with Gasteiger partial charge in [-0.15, -0.1) is 0 Å². The number of carbonyl (C=O) groups is 1. The number of hydrogen-bond donors (Lipinski definition) is 1. The molecule has 0 saturated carbocycles. The summed E-state index contributed by atoms with van der Waals surface area (Å²) in [6, 6.07) is 25.2. The molecule has 1 amide bonds. The summed E-state index contributed by atoms with van der Waals surface area (Å²) in [7, 11) is 1.64. The maximum Gasteiger partial charge on any atom is 0.227 e. The van der Waals surface area contributed by atoms with E-state index in [0.29, 0.717) is 25.3 Å². The van der Waals surface area contributed by atoms with E-state index in [1.54, 1.807) is 7.11 Å². The van der Waals surface area contributed by atoms with E-state index in [1.807, 2.05) is 83.8 Å². The zero-order valence-corrected chi connectivity index (χ0v) is 17.7. The third-order valence-electron chi connectivity index (χ3n) is 5.63. The Labute approximate surface area is 186 Å². The van der Waals surface area contributed by atoms with Crippen molar-refractivity contribution in [3.8, 4) is 28.5 Å². The Morgan fingerprint density at radius 3 is 2.47 bits per heavy atom. The Balaban J connectivity index is 1.40. The first-order chi connectivity index (χ1) is 15.7. The van der Waals surface area contributed by atoms with Gasteiger partial charge in [-0.05, 0) is 42.0 Å². The first kappa shape index (κ1) is 19.9. The second-order valence-electron chi connectivity index (χ2n) is 7.72. The highest BCUT2D eigenvalue weighted by atomic mass is 16.5. The van der Waals surface area contributed by atoms with Gasteiger partial charge in [0.2, 0.25) is 5.91 Å². The monoisotopic (exact) mass is 425 g/mol. The summed E-state index contributed by atoms with van der Waals surface area (Å²) < 4.78 is 11.3. The summed E-state index contributed by atoms with van der Waals surface area (Å²) in [5.74, 6) is 2.35. The topological polar surface area (TPSA) is 67.4 Å². The molecule has 1 aliphatic rings. The third-order valence-corrected chi connectivity index (χ3v) is 5.63. The Hall–Kier alpha value is -4.06. The van der Waals surface area contributed by atoms with E-state index >= 15 is 0 Å². The molecule has 0 radical (unpaired) electrons. The minimum Gasteiger partial charge on any atom is -0.497 e. The smallest absolute Gasteiger partial charge is 0.227 e. The fourth-order valence-electron chi connectivity index (χ4n) is 3.95. The molecular formula is C26H23N3O3. The molecule has 5 rings (SSSR count). The molecule has 1 N–H and O–H groups in total. The van der Waals surface area contributed by atoms with Gasteiger partial charge in [-0.2, -0.15) is 5.10 Å². The van der Waals surface area contributed by atoms with E-state index in [1.165, 1.54) is 0 Å². The standard InChI is InChI=1S/C26H23N3O3/c1-31-19-13-11-18(12-14-19)16-29-17-23-22(15-25(29)30)26(28-27-23)21-9-5-6-10-24(21)32-20-7-3-2-4-8-20/h2-14H,15-17H2,1H3,(H,27,28). The predicted octanol–water partition coefficient (Wildman–Crippen LogP) is 4.96. The van der Waals surface area contributed by atoms with Crippen LogP contribution in [0.25, 0.3) is 11.3 Å². The van der Waals surface area contributed by atoms with Gasteiger partial charge in [0.1, 0.15) is 17.2 Å². The highest BCUT2D eigenvalue weighted by Crippen LogP contribution is 2.36. The fraction of sp³-hybridized carbons (Fsp3) is 0.154. The summed E-state index contributed by atoms with van der Waals surface area (Å²) in [6.07, 6.45) is 0.303. The van der Waals surface area contributed by atoms with E-state index in [2.05, 4.69) is 10.2 Å². The van der Waals surface area contributed by atoms with Crippen LogP contribution in [-0.2, 0) is 24.3 Å². The van der Waals surface area contributed by atoms with Crippen molar-refractivity contribution in [1.82, 2.24) is 15.1 Å². The van der Waals surface area contributed by atoms with Gasteiger partial charge in [-0.1, -0.05) is 42.5 Å². The lowest BCUT2D eigenvalue weighted by molar-refractivity contribution is -0.132. The van der Waals surface area contributed by atoms with Crippen LogP contribution < -0.4 is 9.47 Å². The van der Waals surface area contributed by atoms with E-state index in [9.17, 15) is 4.79 Å². The van der Waals surface area contributed by atoms with E-state index in [-0.39, 0.29) is 5.91 Å². The number of fused-ring (bicyclic) bond motifs is 1. The molecule has 2 heterocycles. The van der Waals surface area contributed by atoms with Crippen molar-refractivity contribution >= 4 is 5.91 Å². The molecule has 6 nitrogen and oxygen atoms in total. The van der Waals surface area contributed by atoms with E-state index < -0.39 is 0 Å². The van der Waals surface area contributed by atoms with Crippen molar-refractivity contribution < 1.29 is 14.3 Å². The number of nitrogens with zero attached hydrogens (tertiary/aromatic N) is 2. The summed E-state index contributed by atoms with van der Waals surface area (Å²) in [5, 5.41) is 7.72. The quantitative estimate of drug-likeness (QED) is 0.474. The van der Waals surface area contributed by atoms with Crippen LogP contribution in [0.1, 0.15) is 16.8 Å². The van der Waals surface area contributed by atoms with Crippen LogP contribution in [0.15, 0.2) is 78.9 Å². The molecule has 0 bridgehead atoms. The van der Waals surface area contributed by atoms with Crippen molar-refractivity contribution in [2.75, 3.05) is 7.11 Å². The molecule has 3 aromatic carbocycles. The Morgan fingerprint density at radius 2 is 1.69 bits per heavy atom. The Morgan fingerprint density at radius 1 is 0.938 bits per heavy atom. The number of hydrogen-bond acceptors (Lipinski definition) is 4. The molecule has 0 aliphatic carbocycles. The number of methoxy groups -OCH3 is 1. The highest BCUT2D eigenvalue weighted by Gasteiger charge is 2.29. The summed E-state index contributed by atoms with van der Waals surface area (Å²) >= 11 is 0. The SMILES string of the molecule is COc1ccc(CN2Cc3[nH]nc(-c4ccccc4Oc4ccccc4)c3CC2=O)cc1. The maximum absolute atomic E-state index is 13.0. The van der Waals surface area contributed by atoms with E-state index in [0.717, 1.165) is 39.6 Å². The van der Waals surface area contributed by atoms with Crippen molar-refractivity contribution in [2.45, 2.75) is 19.5 Å². The lowest BCUT2D eigenvalue weighted by Gasteiger charge is -2.27. The molecule has 1 aliphatic heterocycles. The Kier molecular flexibility index (Phi) is 5.34. The molecule has 0 fully saturated rings.